The number of hydrogen-bond donors (Lipinski definition) is 0. The molecule has 1 aliphatic heterocycles. The largest absolute Gasteiger partial charge is 0.452 e. The van der Waals surface area contributed by atoms with Crippen LogP contribution in [0.3, 0.4) is 0 Å². The first kappa shape index (κ1) is 8.91. The van der Waals surface area contributed by atoms with E-state index in [1.165, 1.54) is 0 Å². The highest BCUT2D eigenvalue weighted by Gasteiger charge is 2.33. The molecular weight excluding hydrogens is 208 g/mol. The summed E-state index contributed by atoms with van der Waals surface area (Å²) >= 11 is 7.31. The predicted octanol–water partition coefficient (Wildman–Crippen LogP) is 3.18. The summed E-state index contributed by atoms with van der Waals surface area (Å²) in [6, 6.07) is 3.97. The fourth-order valence-electron chi connectivity index (χ4n) is 1.15. The van der Waals surface area contributed by atoms with Crippen molar-refractivity contribution < 1.29 is 9.47 Å². The first-order valence-electron chi connectivity index (χ1n) is 3.90. The smallest absolute Gasteiger partial charge is 0.283 e. The minimum atomic E-state index is -0.644. The number of rotatable bonds is 2. The molecule has 0 amide bonds. The molecule has 0 N–H and O–H groups in total. The summed E-state index contributed by atoms with van der Waals surface area (Å²) in [7, 11) is 0. The van der Waals surface area contributed by atoms with Gasteiger partial charge in [0.05, 0.1) is 10.8 Å². The van der Waals surface area contributed by atoms with E-state index in [1.54, 1.807) is 23.9 Å². The van der Waals surface area contributed by atoms with Crippen molar-refractivity contribution in [3.05, 3.63) is 34.4 Å². The van der Waals surface area contributed by atoms with E-state index in [0.29, 0.717) is 5.88 Å². The lowest BCUT2D eigenvalue weighted by molar-refractivity contribution is -0.130. The molecule has 0 atom stereocenters. The lowest BCUT2D eigenvalue weighted by Crippen LogP contribution is -2.20. The summed E-state index contributed by atoms with van der Waals surface area (Å²) < 4.78 is 10.7. The zero-order valence-electron chi connectivity index (χ0n) is 7.12. The number of thiophene rings is 1. The third kappa shape index (κ3) is 1.54. The fourth-order valence-corrected chi connectivity index (χ4v) is 2.30. The van der Waals surface area contributed by atoms with E-state index >= 15 is 0 Å². The van der Waals surface area contributed by atoms with Crippen LogP contribution in [-0.2, 0) is 21.1 Å². The van der Waals surface area contributed by atoms with Gasteiger partial charge < -0.3 is 9.47 Å². The summed E-state index contributed by atoms with van der Waals surface area (Å²) in [5, 5.41) is 0. The maximum Gasteiger partial charge on any atom is 0.283 e. The standard InChI is InChI=1S/C9H9ClO2S/c1-9(11-4-5-12-9)8-3-2-7(6-10)13-8/h2-5H,6H2,1H3. The van der Waals surface area contributed by atoms with E-state index in [2.05, 4.69) is 0 Å². The molecule has 13 heavy (non-hydrogen) atoms. The van der Waals surface area contributed by atoms with Crippen molar-refractivity contribution in [2.75, 3.05) is 0 Å². The average Bonchev–Trinajstić information content (AvgIpc) is 2.72. The number of alkyl halides is 1. The van der Waals surface area contributed by atoms with Crippen LogP contribution in [0.25, 0.3) is 0 Å². The number of halogens is 1. The van der Waals surface area contributed by atoms with Gasteiger partial charge in [0.2, 0.25) is 0 Å². The third-order valence-electron chi connectivity index (χ3n) is 1.88. The molecule has 1 aliphatic rings. The molecule has 1 aromatic heterocycles. The molecular formula is C9H9ClO2S. The quantitative estimate of drug-likeness (QED) is 0.707. The summed E-state index contributed by atoms with van der Waals surface area (Å²) in [6.45, 7) is 1.89. The molecule has 1 aromatic rings. The van der Waals surface area contributed by atoms with Crippen molar-refractivity contribution in [3.8, 4) is 0 Å². The maximum absolute atomic E-state index is 5.71. The van der Waals surface area contributed by atoms with Crippen molar-refractivity contribution in [1.82, 2.24) is 0 Å². The minimum Gasteiger partial charge on any atom is -0.452 e. The van der Waals surface area contributed by atoms with Crippen LogP contribution in [0.2, 0.25) is 0 Å². The number of ether oxygens (including phenoxy) is 2. The minimum absolute atomic E-state index is 0.536. The summed E-state index contributed by atoms with van der Waals surface area (Å²) in [5.74, 6) is -0.108. The van der Waals surface area contributed by atoms with Crippen molar-refractivity contribution in [2.45, 2.75) is 18.6 Å². The normalized spacial score (nSPS) is 18.3. The molecule has 0 unspecified atom stereocenters. The topological polar surface area (TPSA) is 18.5 Å². The van der Waals surface area contributed by atoms with E-state index < -0.39 is 5.79 Å². The van der Waals surface area contributed by atoms with Crippen LogP contribution in [0.15, 0.2) is 24.7 Å². The van der Waals surface area contributed by atoms with E-state index in [0.717, 1.165) is 9.75 Å². The first-order valence-corrected chi connectivity index (χ1v) is 5.25. The Morgan fingerprint density at radius 1 is 1.38 bits per heavy atom. The van der Waals surface area contributed by atoms with Crippen LogP contribution >= 0.6 is 22.9 Å². The van der Waals surface area contributed by atoms with Gasteiger partial charge in [-0.15, -0.1) is 22.9 Å². The molecule has 2 rings (SSSR count). The molecule has 0 aliphatic carbocycles. The molecule has 0 aromatic carbocycles. The molecule has 2 heterocycles. The van der Waals surface area contributed by atoms with Crippen molar-refractivity contribution in [1.29, 1.82) is 0 Å². The highest BCUT2D eigenvalue weighted by molar-refractivity contribution is 7.12. The van der Waals surface area contributed by atoms with Crippen LogP contribution in [0, 0.1) is 0 Å². The Bertz CT molecular complexity index is 324. The van der Waals surface area contributed by atoms with Crippen LogP contribution in [0.1, 0.15) is 16.7 Å². The van der Waals surface area contributed by atoms with Gasteiger partial charge in [-0.25, -0.2) is 0 Å². The van der Waals surface area contributed by atoms with Gasteiger partial charge in [0.15, 0.2) is 0 Å². The molecule has 0 bridgehead atoms. The Morgan fingerprint density at radius 3 is 2.62 bits per heavy atom. The lowest BCUT2D eigenvalue weighted by atomic mass is 10.2. The van der Waals surface area contributed by atoms with Gasteiger partial charge in [-0.1, -0.05) is 0 Å². The third-order valence-corrected chi connectivity index (χ3v) is 3.60. The van der Waals surface area contributed by atoms with Crippen LogP contribution in [0.4, 0.5) is 0 Å². The summed E-state index contributed by atoms with van der Waals surface area (Å²) in [4.78, 5) is 2.16. The Hall–Kier alpha value is -0.670. The van der Waals surface area contributed by atoms with Crippen molar-refractivity contribution in [3.63, 3.8) is 0 Å². The molecule has 70 valence electrons. The van der Waals surface area contributed by atoms with Gasteiger partial charge >= 0.3 is 0 Å². The Morgan fingerprint density at radius 2 is 2.08 bits per heavy atom. The van der Waals surface area contributed by atoms with Crippen molar-refractivity contribution in [2.24, 2.45) is 0 Å². The fraction of sp³-hybridized carbons (Fsp3) is 0.333. The molecule has 2 nitrogen and oxygen atoms in total. The molecule has 0 saturated carbocycles. The Labute approximate surface area is 85.7 Å². The molecule has 4 heteroatoms. The molecule has 0 radical (unpaired) electrons. The molecule has 0 fully saturated rings. The second kappa shape index (κ2) is 3.24. The van der Waals surface area contributed by atoms with Gasteiger partial charge in [-0.05, 0) is 12.1 Å². The van der Waals surface area contributed by atoms with Gasteiger partial charge in [-0.2, -0.15) is 0 Å². The van der Waals surface area contributed by atoms with E-state index in [9.17, 15) is 0 Å². The lowest BCUT2D eigenvalue weighted by Gasteiger charge is -2.20. The van der Waals surface area contributed by atoms with E-state index in [-0.39, 0.29) is 0 Å². The predicted molar refractivity (Wildman–Crippen MR) is 52.5 cm³/mol. The van der Waals surface area contributed by atoms with Crippen LogP contribution in [0.5, 0.6) is 0 Å². The summed E-state index contributed by atoms with van der Waals surface area (Å²) in [6.07, 6.45) is 3.11. The van der Waals surface area contributed by atoms with E-state index in [4.69, 9.17) is 21.1 Å². The van der Waals surface area contributed by atoms with Crippen LogP contribution in [-0.4, -0.2) is 0 Å². The van der Waals surface area contributed by atoms with Gasteiger partial charge in [0, 0.05) is 11.8 Å². The first-order chi connectivity index (χ1) is 6.24. The maximum atomic E-state index is 5.71. The second-order valence-corrected chi connectivity index (χ2v) is 4.29. The van der Waals surface area contributed by atoms with Crippen LogP contribution < -0.4 is 0 Å². The average molecular weight is 217 g/mol. The SMILES string of the molecule is CC1(c2ccc(CCl)s2)OC=CO1. The summed E-state index contributed by atoms with van der Waals surface area (Å²) in [5.41, 5.74) is 0. The Kier molecular flexibility index (Phi) is 2.22. The van der Waals surface area contributed by atoms with Gasteiger partial charge in [0.1, 0.15) is 12.5 Å². The zero-order chi connectivity index (χ0) is 9.31. The highest BCUT2D eigenvalue weighted by Crippen LogP contribution is 2.36. The molecule has 0 saturated heterocycles. The van der Waals surface area contributed by atoms with Gasteiger partial charge in [0.25, 0.3) is 5.79 Å². The Balaban J connectivity index is 2.24. The van der Waals surface area contributed by atoms with Crippen molar-refractivity contribution >= 4 is 22.9 Å². The second-order valence-electron chi connectivity index (χ2n) is 2.85. The monoisotopic (exact) mass is 216 g/mol. The van der Waals surface area contributed by atoms with E-state index in [1.807, 2.05) is 19.1 Å². The number of hydrogen-bond acceptors (Lipinski definition) is 3. The zero-order valence-corrected chi connectivity index (χ0v) is 8.69. The molecule has 0 spiro atoms. The highest BCUT2D eigenvalue weighted by atomic mass is 35.5. The van der Waals surface area contributed by atoms with Gasteiger partial charge in [-0.3, -0.25) is 0 Å².